The van der Waals surface area contributed by atoms with Crippen LogP contribution in [0.25, 0.3) is 0 Å². The molecular formula is C15H22O2. The topological polar surface area (TPSA) is 26.3 Å². The standard InChI is InChI=1S/C15H22O2/c1-4-14(16)17-9-5-8-15(3)11(2)12-6-7-13(15)10-12/h5,9,12-13H,2,4,6-8,10H2,1,3H3/b9-5+. The van der Waals surface area contributed by atoms with E-state index in [9.17, 15) is 4.79 Å². The van der Waals surface area contributed by atoms with Crippen LogP contribution < -0.4 is 0 Å². The zero-order valence-corrected chi connectivity index (χ0v) is 10.9. The van der Waals surface area contributed by atoms with Crippen LogP contribution in [0.5, 0.6) is 0 Å². The lowest BCUT2D eigenvalue weighted by Gasteiger charge is -2.35. The van der Waals surface area contributed by atoms with Gasteiger partial charge in [0.05, 0.1) is 6.26 Å². The molecule has 0 saturated heterocycles. The Labute approximate surface area is 104 Å². The van der Waals surface area contributed by atoms with Crippen LogP contribution in [-0.2, 0) is 9.53 Å². The third kappa shape index (κ3) is 2.18. The van der Waals surface area contributed by atoms with Crippen molar-refractivity contribution in [2.75, 3.05) is 0 Å². The van der Waals surface area contributed by atoms with E-state index in [4.69, 9.17) is 4.74 Å². The Hall–Kier alpha value is -1.05. The Morgan fingerprint density at radius 1 is 1.59 bits per heavy atom. The average Bonchev–Trinajstić information content (AvgIpc) is 2.89. The van der Waals surface area contributed by atoms with Gasteiger partial charge in [-0.1, -0.05) is 26.0 Å². The van der Waals surface area contributed by atoms with E-state index in [0.29, 0.717) is 6.42 Å². The number of hydrogen-bond acceptors (Lipinski definition) is 2. The lowest BCUT2D eigenvalue weighted by atomic mass is 9.70. The molecule has 0 N–H and O–H groups in total. The molecule has 3 unspecified atom stereocenters. The molecule has 17 heavy (non-hydrogen) atoms. The van der Waals surface area contributed by atoms with Crippen molar-refractivity contribution in [1.82, 2.24) is 0 Å². The summed E-state index contributed by atoms with van der Waals surface area (Å²) in [5.74, 6) is 1.36. The number of hydrogen-bond donors (Lipinski definition) is 0. The van der Waals surface area contributed by atoms with Gasteiger partial charge in [-0.15, -0.1) is 0 Å². The molecule has 2 rings (SSSR count). The molecule has 0 aliphatic heterocycles. The normalized spacial score (nSPS) is 35.8. The summed E-state index contributed by atoms with van der Waals surface area (Å²) in [6.45, 7) is 8.39. The highest BCUT2D eigenvalue weighted by Crippen LogP contribution is 2.60. The Balaban J connectivity index is 1.90. The van der Waals surface area contributed by atoms with E-state index in [0.717, 1.165) is 18.3 Å². The molecule has 2 aliphatic carbocycles. The Bertz CT molecular complexity index is 356. The lowest BCUT2D eigenvalue weighted by molar-refractivity contribution is -0.137. The summed E-state index contributed by atoms with van der Waals surface area (Å²) in [6, 6.07) is 0. The Kier molecular flexibility index (Phi) is 3.41. The van der Waals surface area contributed by atoms with E-state index in [1.807, 2.05) is 6.08 Å². The van der Waals surface area contributed by atoms with Crippen molar-refractivity contribution < 1.29 is 9.53 Å². The van der Waals surface area contributed by atoms with Gasteiger partial charge in [0.25, 0.3) is 0 Å². The lowest BCUT2D eigenvalue weighted by Crippen LogP contribution is -2.25. The van der Waals surface area contributed by atoms with E-state index in [2.05, 4.69) is 13.5 Å². The molecule has 2 aliphatic rings. The molecule has 0 radical (unpaired) electrons. The maximum atomic E-state index is 11.0. The van der Waals surface area contributed by atoms with Crippen LogP contribution in [0.4, 0.5) is 0 Å². The largest absolute Gasteiger partial charge is 0.435 e. The van der Waals surface area contributed by atoms with E-state index in [1.54, 1.807) is 13.2 Å². The highest BCUT2D eigenvalue weighted by atomic mass is 16.5. The van der Waals surface area contributed by atoms with Crippen LogP contribution in [0.2, 0.25) is 0 Å². The summed E-state index contributed by atoms with van der Waals surface area (Å²) < 4.78 is 4.96. The molecular weight excluding hydrogens is 212 g/mol. The van der Waals surface area contributed by atoms with Gasteiger partial charge >= 0.3 is 5.97 Å². The molecule has 0 aromatic rings. The molecule has 2 nitrogen and oxygen atoms in total. The maximum Gasteiger partial charge on any atom is 0.310 e. The van der Waals surface area contributed by atoms with Crippen LogP contribution >= 0.6 is 0 Å². The highest BCUT2D eigenvalue weighted by Gasteiger charge is 2.49. The van der Waals surface area contributed by atoms with Crippen molar-refractivity contribution in [3.63, 3.8) is 0 Å². The molecule has 0 amide bonds. The zero-order chi connectivity index (χ0) is 12.5. The molecule has 94 valence electrons. The van der Waals surface area contributed by atoms with Crippen molar-refractivity contribution in [3.05, 3.63) is 24.5 Å². The van der Waals surface area contributed by atoms with Crippen LogP contribution in [-0.4, -0.2) is 5.97 Å². The summed E-state index contributed by atoms with van der Waals surface area (Å²) in [6.07, 6.45) is 8.90. The first-order valence-corrected chi connectivity index (χ1v) is 6.61. The molecule has 0 heterocycles. The number of rotatable bonds is 4. The third-order valence-electron chi connectivity index (χ3n) is 4.69. The van der Waals surface area contributed by atoms with Crippen LogP contribution in [0, 0.1) is 17.3 Å². The number of ether oxygens (including phenoxy) is 1. The quantitative estimate of drug-likeness (QED) is 0.420. The summed E-state index contributed by atoms with van der Waals surface area (Å²) >= 11 is 0. The second kappa shape index (κ2) is 4.67. The summed E-state index contributed by atoms with van der Waals surface area (Å²) in [7, 11) is 0. The first-order chi connectivity index (χ1) is 8.08. The first-order valence-electron chi connectivity index (χ1n) is 6.61. The van der Waals surface area contributed by atoms with Crippen molar-refractivity contribution >= 4 is 5.97 Å². The van der Waals surface area contributed by atoms with Crippen LogP contribution in [0.15, 0.2) is 24.5 Å². The first kappa shape index (κ1) is 12.4. The van der Waals surface area contributed by atoms with Crippen LogP contribution in [0.1, 0.15) is 46.0 Å². The number of carbonyl (C=O) groups excluding carboxylic acids is 1. The monoisotopic (exact) mass is 234 g/mol. The molecule has 3 atom stereocenters. The molecule has 0 spiro atoms. The third-order valence-corrected chi connectivity index (χ3v) is 4.69. The SMILES string of the molecule is C=C1C2CCC(C2)C1(C)C/C=C/OC(=O)CC. The van der Waals surface area contributed by atoms with Gasteiger partial charge in [0.2, 0.25) is 0 Å². The van der Waals surface area contributed by atoms with Crippen LogP contribution in [0.3, 0.4) is 0 Å². The summed E-state index contributed by atoms with van der Waals surface area (Å²) in [4.78, 5) is 11.0. The van der Waals surface area contributed by atoms with E-state index in [1.165, 1.54) is 24.8 Å². The smallest absolute Gasteiger partial charge is 0.310 e. The average molecular weight is 234 g/mol. The molecule has 2 saturated carbocycles. The molecule has 2 heteroatoms. The van der Waals surface area contributed by atoms with Crippen molar-refractivity contribution in [1.29, 1.82) is 0 Å². The fraction of sp³-hybridized carbons (Fsp3) is 0.667. The Morgan fingerprint density at radius 3 is 2.94 bits per heavy atom. The van der Waals surface area contributed by atoms with Gasteiger partial charge in [-0.2, -0.15) is 0 Å². The number of carbonyl (C=O) groups is 1. The van der Waals surface area contributed by atoms with Gasteiger partial charge in [-0.05, 0) is 49.0 Å². The fourth-order valence-corrected chi connectivity index (χ4v) is 3.40. The minimum absolute atomic E-state index is 0.168. The number of fused-ring (bicyclic) bond motifs is 2. The van der Waals surface area contributed by atoms with Gasteiger partial charge in [0.1, 0.15) is 0 Å². The predicted octanol–water partition coefficient (Wildman–Crippen LogP) is 3.84. The summed E-state index contributed by atoms with van der Waals surface area (Å²) in [5.41, 5.74) is 1.65. The van der Waals surface area contributed by atoms with Gasteiger partial charge in [-0.3, -0.25) is 4.79 Å². The van der Waals surface area contributed by atoms with Gasteiger partial charge in [0, 0.05) is 6.42 Å². The predicted molar refractivity (Wildman–Crippen MR) is 68.2 cm³/mol. The minimum atomic E-state index is -0.168. The van der Waals surface area contributed by atoms with Gasteiger partial charge < -0.3 is 4.74 Å². The van der Waals surface area contributed by atoms with Crippen molar-refractivity contribution in [2.45, 2.75) is 46.0 Å². The second-order valence-corrected chi connectivity index (χ2v) is 5.57. The maximum absolute atomic E-state index is 11.0. The van der Waals surface area contributed by atoms with E-state index in [-0.39, 0.29) is 11.4 Å². The van der Waals surface area contributed by atoms with Gasteiger partial charge in [0.15, 0.2) is 0 Å². The zero-order valence-electron chi connectivity index (χ0n) is 10.9. The van der Waals surface area contributed by atoms with E-state index >= 15 is 0 Å². The second-order valence-electron chi connectivity index (χ2n) is 5.57. The molecule has 2 fully saturated rings. The Morgan fingerprint density at radius 2 is 2.35 bits per heavy atom. The molecule has 0 aromatic heterocycles. The van der Waals surface area contributed by atoms with Crippen molar-refractivity contribution in [2.24, 2.45) is 17.3 Å². The van der Waals surface area contributed by atoms with E-state index < -0.39 is 0 Å². The fourth-order valence-electron chi connectivity index (χ4n) is 3.40. The summed E-state index contributed by atoms with van der Waals surface area (Å²) in [5, 5.41) is 0. The molecule has 2 bridgehead atoms. The molecule has 0 aromatic carbocycles. The minimum Gasteiger partial charge on any atom is -0.435 e. The number of esters is 1. The highest BCUT2D eigenvalue weighted by molar-refractivity contribution is 5.69. The van der Waals surface area contributed by atoms with Gasteiger partial charge in [-0.25, -0.2) is 0 Å². The number of allylic oxidation sites excluding steroid dienone is 2. The van der Waals surface area contributed by atoms with Crippen molar-refractivity contribution in [3.8, 4) is 0 Å².